The first-order chi connectivity index (χ1) is 16.4. The number of fused-ring (bicyclic) bond motifs is 1. The van der Waals surface area contributed by atoms with Crippen LogP contribution in [0.15, 0.2) is 63.4 Å². The van der Waals surface area contributed by atoms with Crippen LogP contribution in [0.5, 0.6) is 0 Å². The molecule has 0 bridgehead atoms. The second-order valence-electron chi connectivity index (χ2n) is 7.55. The van der Waals surface area contributed by atoms with Gasteiger partial charge in [-0.2, -0.15) is 0 Å². The fourth-order valence-electron chi connectivity index (χ4n) is 3.45. The van der Waals surface area contributed by atoms with Crippen LogP contribution in [0, 0.1) is 5.82 Å². The van der Waals surface area contributed by atoms with Gasteiger partial charge < -0.3 is 10.1 Å². The maximum atomic E-state index is 13.5. The molecule has 0 radical (unpaired) electrons. The number of halogens is 1. The number of hydrogen-bond acceptors (Lipinski definition) is 7. The molecule has 1 aromatic heterocycles. The van der Waals surface area contributed by atoms with Gasteiger partial charge >= 0.3 is 5.97 Å². The van der Waals surface area contributed by atoms with Crippen molar-refractivity contribution in [2.24, 2.45) is 0 Å². The lowest BCUT2D eigenvalue weighted by Crippen LogP contribution is -2.24. The summed E-state index contributed by atoms with van der Waals surface area (Å²) in [7, 11) is 0. The van der Waals surface area contributed by atoms with Gasteiger partial charge in [0.1, 0.15) is 5.82 Å². The summed E-state index contributed by atoms with van der Waals surface area (Å²) in [5, 5.41) is 3.38. The number of ether oxygens (including phenoxy) is 1. The molecule has 10 heteroatoms. The lowest BCUT2D eigenvalue weighted by atomic mass is 10.2. The van der Waals surface area contributed by atoms with Gasteiger partial charge in [0.25, 0.3) is 5.56 Å². The number of rotatable bonds is 7. The maximum absolute atomic E-state index is 13.5. The van der Waals surface area contributed by atoms with Crippen molar-refractivity contribution in [2.45, 2.75) is 35.6 Å². The van der Waals surface area contributed by atoms with Crippen LogP contribution in [0.3, 0.4) is 0 Å². The van der Waals surface area contributed by atoms with E-state index in [4.69, 9.17) is 4.74 Å². The van der Waals surface area contributed by atoms with Crippen molar-refractivity contribution < 1.29 is 18.7 Å². The van der Waals surface area contributed by atoms with Gasteiger partial charge in [0.05, 0.1) is 34.2 Å². The molecular formula is C24H22FN3O4S2. The molecule has 0 spiro atoms. The zero-order valence-corrected chi connectivity index (χ0v) is 20.2. The van der Waals surface area contributed by atoms with Gasteiger partial charge in [0, 0.05) is 17.4 Å². The molecule has 1 atom stereocenters. The first-order valence-electron chi connectivity index (χ1n) is 10.6. The minimum Gasteiger partial charge on any atom is -0.462 e. The molecule has 176 valence electrons. The molecule has 3 aromatic rings. The number of amides is 1. The molecule has 0 saturated heterocycles. The molecule has 0 saturated carbocycles. The van der Waals surface area contributed by atoms with Crippen LogP contribution in [-0.4, -0.2) is 39.0 Å². The Labute approximate surface area is 204 Å². The van der Waals surface area contributed by atoms with E-state index < -0.39 is 11.8 Å². The van der Waals surface area contributed by atoms with Crippen LogP contribution >= 0.6 is 23.5 Å². The lowest BCUT2D eigenvalue weighted by Gasteiger charge is -2.14. The molecular weight excluding hydrogens is 477 g/mol. The number of thioether (sulfide) groups is 2. The SMILES string of the molecule is CCOC(=O)c1ccc(NC(=O)CSc2nc3c(c(=O)n2-c2ccc(F)cc2)SC(C)C3)cc1. The second kappa shape index (κ2) is 10.4. The summed E-state index contributed by atoms with van der Waals surface area (Å²) < 4.78 is 19.8. The van der Waals surface area contributed by atoms with Crippen molar-refractivity contribution in [1.82, 2.24) is 9.55 Å². The average molecular weight is 500 g/mol. The van der Waals surface area contributed by atoms with Crippen molar-refractivity contribution in [2.75, 3.05) is 17.7 Å². The highest BCUT2D eigenvalue weighted by atomic mass is 32.2. The van der Waals surface area contributed by atoms with Gasteiger partial charge in [-0.25, -0.2) is 14.2 Å². The van der Waals surface area contributed by atoms with E-state index in [-0.39, 0.29) is 29.1 Å². The molecule has 1 aliphatic heterocycles. The number of hydrogen-bond donors (Lipinski definition) is 1. The molecule has 34 heavy (non-hydrogen) atoms. The summed E-state index contributed by atoms with van der Waals surface area (Å²) >= 11 is 2.61. The molecule has 7 nitrogen and oxygen atoms in total. The lowest BCUT2D eigenvalue weighted by molar-refractivity contribution is -0.113. The van der Waals surface area contributed by atoms with Gasteiger partial charge in [-0.3, -0.25) is 14.2 Å². The smallest absolute Gasteiger partial charge is 0.338 e. The quantitative estimate of drug-likeness (QED) is 0.294. The molecule has 0 aliphatic carbocycles. The summed E-state index contributed by atoms with van der Waals surface area (Å²) in [5.74, 6) is -1.12. The van der Waals surface area contributed by atoms with Crippen LogP contribution in [0.2, 0.25) is 0 Å². The average Bonchev–Trinajstić information content (AvgIpc) is 3.20. The van der Waals surface area contributed by atoms with E-state index in [9.17, 15) is 18.8 Å². The number of carbonyl (C=O) groups is 2. The van der Waals surface area contributed by atoms with Crippen molar-refractivity contribution in [3.63, 3.8) is 0 Å². The minimum atomic E-state index is -0.426. The van der Waals surface area contributed by atoms with E-state index in [1.165, 1.54) is 40.6 Å². The molecule has 0 fully saturated rings. The van der Waals surface area contributed by atoms with Gasteiger partial charge in [-0.15, -0.1) is 11.8 Å². The van der Waals surface area contributed by atoms with E-state index in [2.05, 4.69) is 10.3 Å². The monoisotopic (exact) mass is 499 g/mol. The highest BCUT2D eigenvalue weighted by Crippen LogP contribution is 2.34. The van der Waals surface area contributed by atoms with Crippen LogP contribution < -0.4 is 10.9 Å². The Bertz CT molecular complexity index is 1280. The van der Waals surface area contributed by atoms with Gasteiger partial charge in [0.2, 0.25) is 5.91 Å². The van der Waals surface area contributed by atoms with E-state index in [0.717, 1.165) is 17.5 Å². The van der Waals surface area contributed by atoms with E-state index in [0.29, 0.717) is 33.4 Å². The molecule has 1 amide bonds. The Hall–Kier alpha value is -3.11. The van der Waals surface area contributed by atoms with E-state index >= 15 is 0 Å². The Kier molecular flexibility index (Phi) is 7.38. The van der Waals surface area contributed by atoms with E-state index in [1.54, 1.807) is 31.2 Å². The molecule has 4 rings (SSSR count). The van der Waals surface area contributed by atoms with Gasteiger partial charge in [-0.1, -0.05) is 18.7 Å². The summed E-state index contributed by atoms with van der Waals surface area (Å²) in [6.45, 7) is 4.04. The zero-order chi connectivity index (χ0) is 24.2. The van der Waals surface area contributed by atoms with Crippen molar-refractivity contribution in [3.8, 4) is 5.69 Å². The summed E-state index contributed by atoms with van der Waals surface area (Å²) in [4.78, 5) is 42.8. The third-order valence-electron chi connectivity index (χ3n) is 4.98. The normalized spacial score (nSPS) is 14.5. The summed E-state index contributed by atoms with van der Waals surface area (Å²) in [6.07, 6.45) is 0.673. The first kappa shape index (κ1) is 24.0. The highest BCUT2D eigenvalue weighted by Gasteiger charge is 2.27. The Morgan fingerprint density at radius 2 is 1.91 bits per heavy atom. The molecule has 1 aliphatic rings. The Morgan fingerprint density at radius 1 is 1.21 bits per heavy atom. The zero-order valence-electron chi connectivity index (χ0n) is 18.5. The number of nitrogens with one attached hydrogen (secondary N) is 1. The van der Waals surface area contributed by atoms with E-state index in [1.807, 2.05) is 6.92 Å². The molecule has 1 N–H and O–H groups in total. The second-order valence-corrected chi connectivity index (χ2v) is 9.95. The molecule has 2 heterocycles. The van der Waals surface area contributed by atoms with Crippen molar-refractivity contribution in [3.05, 3.63) is 76.0 Å². The number of carbonyl (C=O) groups excluding carboxylic acids is 2. The maximum Gasteiger partial charge on any atom is 0.338 e. The predicted molar refractivity (Wildman–Crippen MR) is 131 cm³/mol. The topological polar surface area (TPSA) is 90.3 Å². The predicted octanol–water partition coefficient (Wildman–Crippen LogP) is 4.32. The summed E-state index contributed by atoms with van der Waals surface area (Å²) in [5.41, 5.74) is 1.91. The highest BCUT2D eigenvalue weighted by molar-refractivity contribution is 8.00. The van der Waals surface area contributed by atoms with Crippen molar-refractivity contribution in [1.29, 1.82) is 0 Å². The Morgan fingerprint density at radius 3 is 2.59 bits per heavy atom. The third-order valence-corrected chi connectivity index (χ3v) is 7.13. The number of esters is 1. The standard InChI is InChI=1S/C24H22FN3O4S2/c1-3-32-23(31)15-4-8-17(9-5-15)26-20(29)13-33-24-27-19-12-14(2)34-21(19)22(30)28(24)18-10-6-16(25)7-11-18/h4-11,14H,3,12-13H2,1-2H3,(H,26,29). The number of nitrogens with zero attached hydrogens (tertiary/aromatic N) is 2. The molecule has 1 unspecified atom stereocenters. The molecule has 2 aromatic carbocycles. The number of benzene rings is 2. The fourth-order valence-corrected chi connectivity index (χ4v) is 5.37. The number of anilines is 1. The largest absolute Gasteiger partial charge is 0.462 e. The van der Waals surface area contributed by atoms with Gasteiger partial charge in [-0.05, 0) is 55.5 Å². The third kappa shape index (κ3) is 5.34. The number of aromatic nitrogens is 2. The van der Waals surface area contributed by atoms with Crippen LogP contribution in [0.4, 0.5) is 10.1 Å². The minimum absolute atomic E-state index is 0.00868. The first-order valence-corrected chi connectivity index (χ1v) is 12.5. The van der Waals surface area contributed by atoms with Crippen LogP contribution in [0.25, 0.3) is 5.69 Å². The van der Waals surface area contributed by atoms with Crippen molar-refractivity contribution >= 4 is 41.1 Å². The Balaban J connectivity index is 1.52. The van der Waals surface area contributed by atoms with Crippen LogP contribution in [0.1, 0.15) is 29.9 Å². The fraction of sp³-hybridized carbons (Fsp3) is 0.250. The van der Waals surface area contributed by atoms with Crippen LogP contribution in [-0.2, 0) is 16.0 Å². The summed E-state index contributed by atoms with van der Waals surface area (Å²) in [6, 6.07) is 12.0. The van der Waals surface area contributed by atoms with Gasteiger partial charge in [0.15, 0.2) is 5.16 Å².